The van der Waals surface area contributed by atoms with Crippen LogP contribution in [0.2, 0.25) is 0 Å². The van der Waals surface area contributed by atoms with E-state index in [1.807, 2.05) is 0 Å². The first-order chi connectivity index (χ1) is 15.0. The first kappa shape index (κ1) is 31.2. The van der Waals surface area contributed by atoms with E-state index in [2.05, 4.69) is 6.92 Å². The number of ether oxygens (including phenoxy) is 2. The van der Waals surface area contributed by atoms with Crippen LogP contribution in [0, 0.1) is 0 Å². The normalized spacial score (nSPS) is 16.6. The molecular formula is C24H44MgO7. The molecule has 7 nitrogen and oxygen atoms in total. The van der Waals surface area contributed by atoms with Crippen LogP contribution in [0.4, 0.5) is 0 Å². The van der Waals surface area contributed by atoms with Crippen molar-refractivity contribution in [2.75, 3.05) is 6.61 Å². The summed E-state index contributed by atoms with van der Waals surface area (Å²) < 4.78 is 9.74. The largest absolute Gasteiger partial charge is 2.00 e. The van der Waals surface area contributed by atoms with Gasteiger partial charge < -0.3 is 27.6 Å². The van der Waals surface area contributed by atoms with Crippen LogP contribution >= 0.6 is 0 Å². The van der Waals surface area contributed by atoms with Gasteiger partial charge in [0.15, 0.2) is 6.10 Å². The van der Waals surface area contributed by atoms with E-state index in [1.165, 1.54) is 70.6 Å². The van der Waals surface area contributed by atoms with Crippen molar-refractivity contribution in [3.8, 4) is 0 Å². The second-order valence-electron chi connectivity index (χ2n) is 8.46. The summed E-state index contributed by atoms with van der Waals surface area (Å²) in [6, 6.07) is 0. The molecule has 0 aromatic heterocycles. The van der Waals surface area contributed by atoms with E-state index < -0.39 is 42.3 Å². The molecule has 184 valence electrons. The number of aliphatic hydroxyl groups is 3. The summed E-state index contributed by atoms with van der Waals surface area (Å²) in [5, 5.41) is 28.3. The smallest absolute Gasteiger partial charge is 1.00 e. The molecule has 0 spiro atoms. The van der Waals surface area contributed by atoms with Gasteiger partial charge in [0.25, 0.3) is 0 Å². The molecule has 3 N–H and O–H groups in total. The van der Waals surface area contributed by atoms with Crippen LogP contribution in [0.15, 0.2) is 11.5 Å². The Morgan fingerprint density at radius 2 is 1.38 bits per heavy atom. The minimum Gasteiger partial charge on any atom is -1.00 e. The number of esters is 2. The zero-order valence-electron chi connectivity index (χ0n) is 21.9. The van der Waals surface area contributed by atoms with Crippen molar-refractivity contribution >= 4 is 35.0 Å². The van der Waals surface area contributed by atoms with E-state index in [4.69, 9.17) is 14.6 Å². The Hall–Kier alpha value is -0.834. The van der Waals surface area contributed by atoms with Crippen molar-refractivity contribution in [1.29, 1.82) is 0 Å². The van der Waals surface area contributed by atoms with Crippen LogP contribution in [0.3, 0.4) is 0 Å². The SMILES string of the molecule is CCCCCCCCCCCCCCCCCC(=O)OC1=C(O)C(=O)O[C@@H]1[C@@H](O)CO.[H-].[H-].[Mg+2]. The zero-order chi connectivity index (χ0) is 22.9. The molecule has 8 heteroatoms. The maximum atomic E-state index is 12.0. The first-order valence-corrected chi connectivity index (χ1v) is 12.1. The molecule has 2 atom stereocenters. The monoisotopic (exact) mass is 468 g/mol. The van der Waals surface area contributed by atoms with E-state index in [-0.39, 0.29) is 32.3 Å². The third-order valence-corrected chi connectivity index (χ3v) is 5.66. The summed E-state index contributed by atoms with van der Waals surface area (Å²) in [5.74, 6) is -2.92. The molecule has 0 saturated heterocycles. The Bertz CT molecular complexity index is 561. The molecule has 0 unspecified atom stereocenters. The van der Waals surface area contributed by atoms with Crippen molar-refractivity contribution in [1.82, 2.24) is 0 Å². The Labute approximate surface area is 212 Å². The number of aliphatic hydroxyl groups excluding tert-OH is 3. The average Bonchev–Trinajstić information content (AvgIpc) is 3.04. The molecular weight excluding hydrogens is 425 g/mol. The van der Waals surface area contributed by atoms with Crippen molar-refractivity contribution in [3.05, 3.63) is 11.5 Å². The minimum absolute atomic E-state index is 0. The molecule has 0 aromatic carbocycles. The Balaban J connectivity index is -0.00000320. The van der Waals surface area contributed by atoms with Crippen LogP contribution in [0.1, 0.15) is 113 Å². The fraction of sp³-hybridized carbons (Fsp3) is 0.833. The van der Waals surface area contributed by atoms with E-state index >= 15 is 0 Å². The van der Waals surface area contributed by atoms with Gasteiger partial charge in [-0.25, -0.2) is 4.79 Å². The van der Waals surface area contributed by atoms with E-state index in [9.17, 15) is 19.8 Å². The van der Waals surface area contributed by atoms with Crippen molar-refractivity contribution in [3.63, 3.8) is 0 Å². The molecule has 32 heavy (non-hydrogen) atoms. The van der Waals surface area contributed by atoms with Crippen molar-refractivity contribution < 1.29 is 37.2 Å². The van der Waals surface area contributed by atoms with Crippen LogP contribution in [-0.2, 0) is 19.1 Å². The van der Waals surface area contributed by atoms with Gasteiger partial charge in [-0.15, -0.1) is 0 Å². The number of carbonyl (C=O) groups is 2. The third-order valence-electron chi connectivity index (χ3n) is 5.66. The Morgan fingerprint density at radius 3 is 1.81 bits per heavy atom. The predicted octanol–water partition coefficient (Wildman–Crippen LogP) is 4.68. The number of cyclic esters (lactones) is 1. The number of hydrogen-bond donors (Lipinski definition) is 3. The maximum absolute atomic E-state index is 12.0. The van der Waals surface area contributed by atoms with Crippen LogP contribution in [0.5, 0.6) is 0 Å². The van der Waals surface area contributed by atoms with Crippen molar-refractivity contribution in [2.45, 2.75) is 122 Å². The molecule has 1 rings (SSSR count). The van der Waals surface area contributed by atoms with Gasteiger partial charge in [0, 0.05) is 6.42 Å². The second kappa shape index (κ2) is 19.6. The molecule has 0 aliphatic carbocycles. The molecule has 1 aliphatic rings. The van der Waals surface area contributed by atoms with E-state index in [0.717, 1.165) is 19.3 Å². The van der Waals surface area contributed by atoms with Gasteiger partial charge in [0.1, 0.15) is 6.10 Å². The van der Waals surface area contributed by atoms with E-state index in [0.29, 0.717) is 6.42 Å². The summed E-state index contributed by atoms with van der Waals surface area (Å²) in [6.45, 7) is 1.56. The van der Waals surface area contributed by atoms with Gasteiger partial charge >= 0.3 is 35.0 Å². The molecule has 0 amide bonds. The number of rotatable bonds is 19. The Kier molecular flexibility index (Phi) is 19.1. The minimum atomic E-state index is -1.46. The van der Waals surface area contributed by atoms with Gasteiger partial charge in [-0.1, -0.05) is 96.8 Å². The number of unbranched alkanes of at least 4 members (excludes halogenated alkanes) is 14. The van der Waals surface area contributed by atoms with Gasteiger partial charge in [0.2, 0.25) is 11.5 Å². The average molecular weight is 469 g/mol. The predicted molar refractivity (Wildman–Crippen MR) is 126 cm³/mol. The third kappa shape index (κ3) is 13.0. The fourth-order valence-corrected chi connectivity index (χ4v) is 3.73. The van der Waals surface area contributed by atoms with E-state index in [1.54, 1.807) is 0 Å². The second-order valence-corrected chi connectivity index (χ2v) is 8.46. The van der Waals surface area contributed by atoms with Gasteiger partial charge in [-0.3, -0.25) is 4.79 Å². The topological polar surface area (TPSA) is 113 Å². The first-order valence-electron chi connectivity index (χ1n) is 12.1. The van der Waals surface area contributed by atoms with Gasteiger partial charge in [0.05, 0.1) is 6.61 Å². The summed E-state index contributed by atoms with van der Waals surface area (Å²) in [7, 11) is 0. The maximum Gasteiger partial charge on any atom is 2.00 e. The Morgan fingerprint density at radius 1 is 0.938 bits per heavy atom. The molecule has 1 aliphatic heterocycles. The molecule has 0 fully saturated rings. The summed E-state index contributed by atoms with van der Waals surface area (Å²) in [4.78, 5) is 23.4. The molecule has 0 saturated carbocycles. The van der Waals surface area contributed by atoms with Crippen LogP contribution < -0.4 is 0 Å². The summed E-state index contributed by atoms with van der Waals surface area (Å²) >= 11 is 0. The quantitative estimate of drug-likeness (QED) is 0.143. The molecule has 0 radical (unpaired) electrons. The molecule has 1 heterocycles. The summed E-state index contributed by atoms with van der Waals surface area (Å²) in [5.41, 5.74) is 0. The number of hydrogen-bond acceptors (Lipinski definition) is 7. The zero-order valence-corrected chi connectivity index (χ0v) is 21.3. The van der Waals surface area contributed by atoms with Crippen LogP contribution in [-0.4, -0.2) is 69.1 Å². The standard InChI is InChI=1S/C24H42O7.Mg.2H/c1-2-3-4-5-6-7-8-9-10-11-12-13-14-15-16-17-20(27)30-23-21(28)24(29)31-22(23)19(26)18-25;;;/h19,22,25-26,28H,2-18H2,1H3;;;/q;+2;2*-1/t19-,22+;;;/m0.../s1. The summed E-state index contributed by atoms with van der Waals surface area (Å²) in [6.07, 6.45) is 15.8. The van der Waals surface area contributed by atoms with Crippen molar-refractivity contribution in [2.24, 2.45) is 0 Å². The molecule has 0 bridgehead atoms. The van der Waals surface area contributed by atoms with Gasteiger partial charge in [-0.05, 0) is 6.42 Å². The fourth-order valence-electron chi connectivity index (χ4n) is 3.73. The number of carbonyl (C=O) groups excluding carboxylic acids is 2. The van der Waals surface area contributed by atoms with Crippen LogP contribution in [0.25, 0.3) is 0 Å². The van der Waals surface area contributed by atoms with Gasteiger partial charge in [-0.2, -0.15) is 0 Å². The molecule has 0 aromatic rings.